The summed E-state index contributed by atoms with van der Waals surface area (Å²) in [5.41, 5.74) is 2.04. The minimum Gasteiger partial charge on any atom is -0.347 e. The number of hydrogen-bond donors (Lipinski definition) is 0. The average molecular weight is 256 g/mol. The summed E-state index contributed by atoms with van der Waals surface area (Å²) in [5, 5.41) is 0. The van der Waals surface area contributed by atoms with Crippen LogP contribution < -0.4 is 0 Å². The summed E-state index contributed by atoms with van der Waals surface area (Å²) in [6.07, 6.45) is -0.0591. The zero-order valence-corrected chi connectivity index (χ0v) is 10.4. The molecule has 2 aliphatic heterocycles. The number of benzene rings is 1. The summed E-state index contributed by atoms with van der Waals surface area (Å²) >= 11 is 0. The van der Waals surface area contributed by atoms with Gasteiger partial charge in [-0.2, -0.15) is 0 Å². The van der Waals surface area contributed by atoms with Crippen LogP contribution in [-0.2, 0) is 9.47 Å². The molecule has 2 atom stereocenters. The van der Waals surface area contributed by atoms with Crippen LogP contribution in [0.15, 0.2) is 35.4 Å². The number of fused-ring (bicyclic) bond motifs is 4. The summed E-state index contributed by atoms with van der Waals surface area (Å²) in [7, 11) is 0. The van der Waals surface area contributed by atoms with E-state index in [9.17, 15) is 9.59 Å². The Morgan fingerprint density at radius 3 is 2.58 bits per heavy atom. The predicted molar refractivity (Wildman–Crippen MR) is 66.0 cm³/mol. The highest BCUT2D eigenvalue weighted by atomic mass is 16.7. The molecule has 96 valence electrons. The third-order valence-corrected chi connectivity index (χ3v) is 4.01. The molecule has 0 aromatic heterocycles. The van der Waals surface area contributed by atoms with Crippen LogP contribution in [0, 0.1) is 0 Å². The van der Waals surface area contributed by atoms with Crippen molar-refractivity contribution in [2.24, 2.45) is 0 Å². The minimum atomic E-state index is -0.758. The van der Waals surface area contributed by atoms with Gasteiger partial charge in [-0.1, -0.05) is 24.3 Å². The molecule has 1 aromatic rings. The van der Waals surface area contributed by atoms with Crippen molar-refractivity contribution in [1.29, 1.82) is 0 Å². The molecule has 1 aromatic carbocycles. The van der Waals surface area contributed by atoms with Crippen molar-refractivity contribution in [2.45, 2.75) is 25.2 Å². The molecule has 1 aliphatic carbocycles. The molecule has 0 N–H and O–H groups in total. The zero-order chi connectivity index (χ0) is 13.2. The lowest BCUT2D eigenvalue weighted by molar-refractivity contribution is -0.152. The van der Waals surface area contributed by atoms with Crippen molar-refractivity contribution in [1.82, 2.24) is 0 Å². The molecule has 0 saturated carbocycles. The minimum absolute atomic E-state index is 0.0600. The molecule has 0 unspecified atom stereocenters. The van der Waals surface area contributed by atoms with E-state index in [1.807, 2.05) is 6.92 Å². The number of rotatable bonds is 0. The normalized spacial score (nSPS) is 32.4. The molecule has 0 amide bonds. The summed E-state index contributed by atoms with van der Waals surface area (Å²) < 4.78 is 11.3. The van der Waals surface area contributed by atoms with Gasteiger partial charge in [-0.25, -0.2) is 0 Å². The number of ether oxygens (including phenoxy) is 2. The van der Waals surface area contributed by atoms with Crippen molar-refractivity contribution >= 4 is 11.6 Å². The molecule has 19 heavy (non-hydrogen) atoms. The van der Waals surface area contributed by atoms with E-state index in [0.29, 0.717) is 35.3 Å². The second-order valence-electron chi connectivity index (χ2n) is 5.32. The van der Waals surface area contributed by atoms with Crippen LogP contribution in [0.4, 0.5) is 0 Å². The quantitative estimate of drug-likeness (QED) is 0.711. The second kappa shape index (κ2) is 3.40. The van der Waals surface area contributed by atoms with Gasteiger partial charge in [-0.15, -0.1) is 0 Å². The van der Waals surface area contributed by atoms with E-state index < -0.39 is 11.9 Å². The van der Waals surface area contributed by atoms with Crippen LogP contribution in [0.5, 0.6) is 0 Å². The van der Waals surface area contributed by atoms with E-state index >= 15 is 0 Å². The number of Topliss-reactive ketones (excluding diaryl/α,β-unsaturated/α-hetero) is 2. The van der Waals surface area contributed by atoms with Crippen molar-refractivity contribution in [3.05, 3.63) is 46.5 Å². The standard InChI is InChI=1S/C15H12O4/c1-15-6-10-12(11(19-15)7-18-15)14(17)9-5-3-2-4-8(9)13(10)16/h2-5,11H,6-7H2,1H3/t11-,15-/m1/s1. The maximum absolute atomic E-state index is 12.5. The second-order valence-corrected chi connectivity index (χ2v) is 5.32. The topological polar surface area (TPSA) is 52.6 Å². The Hall–Kier alpha value is -1.78. The highest BCUT2D eigenvalue weighted by molar-refractivity contribution is 6.27. The molecular formula is C15H12O4. The van der Waals surface area contributed by atoms with Crippen LogP contribution in [-0.4, -0.2) is 30.1 Å². The number of carbonyl (C=O) groups excluding carboxylic acids is 2. The van der Waals surface area contributed by atoms with Crippen molar-refractivity contribution in [2.75, 3.05) is 6.61 Å². The predicted octanol–water partition coefficient (Wildman–Crippen LogP) is 1.90. The van der Waals surface area contributed by atoms with Crippen molar-refractivity contribution in [3.63, 3.8) is 0 Å². The molecule has 4 nitrogen and oxygen atoms in total. The Morgan fingerprint density at radius 1 is 1.16 bits per heavy atom. The van der Waals surface area contributed by atoms with E-state index in [0.717, 1.165) is 0 Å². The van der Waals surface area contributed by atoms with E-state index in [4.69, 9.17) is 9.47 Å². The molecule has 1 saturated heterocycles. The summed E-state index contributed by atoms with van der Waals surface area (Å²) in [5.74, 6) is -0.913. The first-order chi connectivity index (χ1) is 9.09. The maximum atomic E-state index is 12.5. The van der Waals surface area contributed by atoms with E-state index in [-0.39, 0.29) is 11.6 Å². The van der Waals surface area contributed by atoms with E-state index in [1.165, 1.54) is 0 Å². The highest BCUT2D eigenvalue weighted by Crippen LogP contribution is 2.44. The molecule has 2 bridgehead atoms. The number of ketones is 2. The van der Waals surface area contributed by atoms with Gasteiger partial charge in [0.2, 0.25) is 0 Å². The number of hydrogen-bond acceptors (Lipinski definition) is 4. The molecule has 1 fully saturated rings. The first-order valence-electron chi connectivity index (χ1n) is 6.32. The maximum Gasteiger partial charge on any atom is 0.192 e. The lowest BCUT2D eigenvalue weighted by Crippen LogP contribution is -2.39. The molecular weight excluding hydrogens is 244 g/mol. The lowest BCUT2D eigenvalue weighted by Gasteiger charge is -2.33. The Labute approximate surface area is 110 Å². The van der Waals surface area contributed by atoms with Gasteiger partial charge in [-0.3, -0.25) is 9.59 Å². The largest absolute Gasteiger partial charge is 0.347 e. The van der Waals surface area contributed by atoms with Gasteiger partial charge in [0.15, 0.2) is 17.4 Å². The van der Waals surface area contributed by atoms with Gasteiger partial charge in [-0.05, 0) is 6.92 Å². The van der Waals surface area contributed by atoms with Gasteiger partial charge in [0.25, 0.3) is 0 Å². The fraction of sp³-hybridized carbons (Fsp3) is 0.333. The fourth-order valence-electron chi connectivity index (χ4n) is 3.14. The fourth-order valence-corrected chi connectivity index (χ4v) is 3.14. The van der Waals surface area contributed by atoms with Crippen LogP contribution >= 0.6 is 0 Å². The average Bonchev–Trinajstić information content (AvgIpc) is 2.72. The third-order valence-electron chi connectivity index (χ3n) is 4.01. The Morgan fingerprint density at radius 2 is 1.84 bits per heavy atom. The van der Waals surface area contributed by atoms with Gasteiger partial charge >= 0.3 is 0 Å². The van der Waals surface area contributed by atoms with Gasteiger partial charge in [0, 0.05) is 28.7 Å². The lowest BCUT2D eigenvalue weighted by atomic mass is 9.79. The summed E-state index contributed by atoms with van der Waals surface area (Å²) in [6.45, 7) is 2.16. The highest BCUT2D eigenvalue weighted by Gasteiger charge is 2.50. The van der Waals surface area contributed by atoms with Crippen molar-refractivity contribution in [3.8, 4) is 0 Å². The summed E-state index contributed by atoms with van der Waals surface area (Å²) in [6, 6.07) is 6.96. The first kappa shape index (κ1) is 11.1. The molecule has 2 heterocycles. The molecule has 3 aliphatic rings. The van der Waals surface area contributed by atoms with Gasteiger partial charge < -0.3 is 9.47 Å². The molecule has 4 heteroatoms. The van der Waals surface area contributed by atoms with E-state index in [2.05, 4.69) is 0 Å². The van der Waals surface area contributed by atoms with Crippen LogP contribution in [0.2, 0.25) is 0 Å². The first-order valence-corrected chi connectivity index (χ1v) is 6.32. The van der Waals surface area contributed by atoms with Crippen LogP contribution in [0.1, 0.15) is 34.1 Å². The third kappa shape index (κ3) is 1.35. The zero-order valence-electron chi connectivity index (χ0n) is 10.4. The monoisotopic (exact) mass is 256 g/mol. The molecule has 4 rings (SSSR count). The number of carbonyl (C=O) groups is 2. The van der Waals surface area contributed by atoms with Gasteiger partial charge in [0.05, 0.1) is 6.61 Å². The summed E-state index contributed by atoms with van der Waals surface area (Å²) in [4.78, 5) is 25.1. The Kier molecular flexibility index (Phi) is 1.99. The van der Waals surface area contributed by atoms with Crippen molar-refractivity contribution < 1.29 is 19.1 Å². The van der Waals surface area contributed by atoms with Crippen LogP contribution in [0.3, 0.4) is 0 Å². The Balaban J connectivity index is 1.94. The van der Waals surface area contributed by atoms with E-state index in [1.54, 1.807) is 24.3 Å². The SMILES string of the molecule is C[C@@]12CC3=C(C(=O)c4ccccc4C3=O)[C@@H](CO1)O2. The smallest absolute Gasteiger partial charge is 0.192 e. The van der Waals surface area contributed by atoms with Crippen LogP contribution in [0.25, 0.3) is 0 Å². The van der Waals surface area contributed by atoms with Gasteiger partial charge in [0.1, 0.15) is 6.10 Å². The molecule has 0 radical (unpaired) electrons. The molecule has 0 spiro atoms. The Bertz CT molecular complexity index is 658.